The Morgan fingerprint density at radius 2 is 0.758 bits per heavy atom. The van der Waals surface area contributed by atoms with Gasteiger partial charge >= 0.3 is 0 Å². The molecular weight excluding hydrogens is 755 g/mol. The summed E-state index contributed by atoms with van der Waals surface area (Å²) in [4.78, 5) is 21.3. The molecule has 11 rings (SSSR count). The lowest BCUT2D eigenvalue weighted by Gasteiger charge is -2.17. The first-order valence-electron chi connectivity index (χ1n) is 20.9. The van der Waals surface area contributed by atoms with Crippen molar-refractivity contribution in [1.82, 2.24) is 24.5 Å². The van der Waals surface area contributed by atoms with E-state index in [1.165, 1.54) is 21.9 Å². The van der Waals surface area contributed by atoms with Gasteiger partial charge in [0, 0.05) is 44.2 Å². The maximum Gasteiger partial charge on any atom is 0.162 e. The Hall–Kier alpha value is -8.28. The van der Waals surface area contributed by atoms with Gasteiger partial charge in [-0.3, -0.25) is 0 Å². The largest absolute Gasteiger partial charge is 0.308 e. The molecule has 62 heavy (non-hydrogen) atoms. The number of hydrogen-bond donors (Lipinski definition) is 0. The van der Waals surface area contributed by atoms with Crippen LogP contribution in [0, 0.1) is 6.92 Å². The molecule has 0 spiro atoms. The van der Waals surface area contributed by atoms with Gasteiger partial charge in [0.2, 0.25) is 0 Å². The van der Waals surface area contributed by atoms with Crippen LogP contribution in [0.2, 0.25) is 0 Å². The minimum Gasteiger partial charge on any atom is -0.308 e. The van der Waals surface area contributed by atoms with Crippen molar-refractivity contribution in [3.05, 3.63) is 224 Å². The van der Waals surface area contributed by atoms with Gasteiger partial charge in [0.1, 0.15) is 0 Å². The Balaban J connectivity index is 1.21. The lowest BCUT2D eigenvalue weighted by molar-refractivity contribution is 1.13. The summed E-state index contributed by atoms with van der Waals surface area (Å²) in [6, 6.07) is 76.1. The van der Waals surface area contributed by atoms with Gasteiger partial charge in [-0.05, 0) is 60.5 Å². The Kier molecular flexibility index (Phi) is 9.32. The second kappa shape index (κ2) is 15.7. The topological polar surface area (TPSA) is 56.5 Å². The molecule has 0 amide bonds. The van der Waals surface area contributed by atoms with Gasteiger partial charge in [-0.25, -0.2) is 19.9 Å². The zero-order valence-electron chi connectivity index (χ0n) is 34.0. The zero-order valence-corrected chi connectivity index (χ0v) is 34.0. The van der Waals surface area contributed by atoms with E-state index >= 15 is 0 Å². The van der Waals surface area contributed by atoms with Crippen LogP contribution < -0.4 is 0 Å². The van der Waals surface area contributed by atoms with Crippen LogP contribution in [0.4, 0.5) is 0 Å². The third-order valence-electron chi connectivity index (χ3n) is 11.5. The number of para-hydroxylation sites is 1. The average molecular weight is 794 g/mol. The molecule has 0 N–H and O–H groups in total. The van der Waals surface area contributed by atoms with Crippen molar-refractivity contribution in [2.75, 3.05) is 0 Å². The molecule has 0 aliphatic rings. The van der Waals surface area contributed by atoms with E-state index in [2.05, 4.69) is 181 Å². The van der Waals surface area contributed by atoms with Gasteiger partial charge < -0.3 is 4.57 Å². The van der Waals surface area contributed by atoms with Crippen LogP contribution in [0.3, 0.4) is 0 Å². The average Bonchev–Trinajstić information content (AvgIpc) is 3.68. The summed E-state index contributed by atoms with van der Waals surface area (Å²) in [5.41, 5.74) is 15.8. The van der Waals surface area contributed by atoms with Crippen LogP contribution >= 0.6 is 0 Å². The van der Waals surface area contributed by atoms with Gasteiger partial charge in [-0.1, -0.05) is 181 Å². The first-order chi connectivity index (χ1) is 30.6. The quantitative estimate of drug-likeness (QED) is 0.154. The minimum atomic E-state index is 0.602. The molecule has 11 aromatic rings. The molecule has 0 fully saturated rings. The van der Waals surface area contributed by atoms with Crippen molar-refractivity contribution in [1.29, 1.82) is 0 Å². The number of rotatable bonds is 8. The second-order valence-electron chi connectivity index (χ2n) is 15.6. The van der Waals surface area contributed by atoms with Crippen LogP contribution in [-0.4, -0.2) is 24.5 Å². The molecule has 0 aliphatic heterocycles. The van der Waals surface area contributed by atoms with E-state index in [1.807, 2.05) is 48.5 Å². The Labute approximate surface area is 360 Å². The monoisotopic (exact) mass is 793 g/mol. The van der Waals surface area contributed by atoms with Gasteiger partial charge in [-0.2, -0.15) is 0 Å². The number of benzene rings is 8. The molecular formula is C57H39N5. The molecule has 0 saturated heterocycles. The molecule has 0 aliphatic carbocycles. The fraction of sp³-hybridized carbons (Fsp3) is 0.0175. The minimum absolute atomic E-state index is 0.602. The summed E-state index contributed by atoms with van der Waals surface area (Å²) >= 11 is 0. The molecule has 3 aromatic heterocycles. The van der Waals surface area contributed by atoms with E-state index in [0.717, 1.165) is 78.4 Å². The van der Waals surface area contributed by atoms with Crippen molar-refractivity contribution >= 4 is 21.8 Å². The second-order valence-corrected chi connectivity index (χ2v) is 15.6. The lowest BCUT2D eigenvalue weighted by Crippen LogP contribution is -2.03. The highest BCUT2D eigenvalue weighted by atomic mass is 15.0. The number of nitrogens with zero attached hydrogens (tertiary/aromatic N) is 5. The lowest BCUT2D eigenvalue weighted by atomic mass is 10.0. The Bertz CT molecular complexity index is 3280. The van der Waals surface area contributed by atoms with Crippen molar-refractivity contribution in [3.63, 3.8) is 0 Å². The molecule has 0 atom stereocenters. The normalized spacial score (nSPS) is 11.3. The Morgan fingerprint density at radius 1 is 0.306 bits per heavy atom. The third-order valence-corrected chi connectivity index (χ3v) is 11.5. The summed E-state index contributed by atoms with van der Waals surface area (Å²) < 4.78 is 2.38. The van der Waals surface area contributed by atoms with Crippen molar-refractivity contribution in [2.24, 2.45) is 0 Å². The zero-order chi connectivity index (χ0) is 41.4. The summed E-state index contributed by atoms with van der Waals surface area (Å²) in [6.45, 7) is 2.14. The van der Waals surface area contributed by atoms with Crippen LogP contribution in [0.5, 0.6) is 0 Å². The van der Waals surface area contributed by atoms with E-state index in [9.17, 15) is 0 Å². The maximum absolute atomic E-state index is 5.40. The predicted octanol–water partition coefficient (Wildman–Crippen LogP) is 14.3. The van der Waals surface area contributed by atoms with Crippen molar-refractivity contribution < 1.29 is 0 Å². The molecule has 0 bridgehead atoms. The van der Waals surface area contributed by atoms with E-state index in [1.54, 1.807) is 0 Å². The highest BCUT2D eigenvalue weighted by Crippen LogP contribution is 2.40. The van der Waals surface area contributed by atoms with Gasteiger partial charge in [0.15, 0.2) is 11.6 Å². The van der Waals surface area contributed by atoms with E-state index < -0.39 is 0 Å². The van der Waals surface area contributed by atoms with Crippen LogP contribution in [0.15, 0.2) is 218 Å². The first kappa shape index (κ1) is 36.8. The number of fused-ring (bicyclic) bond motifs is 3. The summed E-state index contributed by atoms with van der Waals surface area (Å²) in [5, 5.41) is 2.34. The molecule has 292 valence electrons. The molecule has 5 heteroatoms. The van der Waals surface area contributed by atoms with Gasteiger partial charge in [-0.15, -0.1) is 0 Å². The van der Waals surface area contributed by atoms with E-state index in [-0.39, 0.29) is 0 Å². The molecule has 5 nitrogen and oxygen atoms in total. The summed E-state index contributed by atoms with van der Waals surface area (Å²) in [7, 11) is 0. The standard InChI is InChI=1S/C57H39N5/c1-38-17-16-26-43(33-38)44-29-31-47-46-27-14-15-28-53(46)62(55(47)35-44)54-32-30-45(56-58-49(39-18-6-2-7-19-39)36-50(59-56)40-20-8-3-9-21-40)34-48(54)57-60-51(41-22-10-4-11-23-41)37-52(61-57)42-24-12-5-13-25-42/h2-37H,1H3. The highest BCUT2D eigenvalue weighted by molar-refractivity contribution is 6.10. The molecule has 0 radical (unpaired) electrons. The maximum atomic E-state index is 5.40. The van der Waals surface area contributed by atoms with Crippen LogP contribution in [0.25, 0.3) is 106 Å². The van der Waals surface area contributed by atoms with Crippen molar-refractivity contribution in [2.45, 2.75) is 6.92 Å². The number of aryl methyl sites for hydroxylation is 1. The highest BCUT2D eigenvalue weighted by Gasteiger charge is 2.21. The third kappa shape index (κ3) is 6.91. The molecule has 8 aromatic carbocycles. The summed E-state index contributed by atoms with van der Waals surface area (Å²) in [6.07, 6.45) is 0. The van der Waals surface area contributed by atoms with E-state index in [0.29, 0.717) is 11.6 Å². The predicted molar refractivity (Wildman–Crippen MR) is 255 cm³/mol. The SMILES string of the molecule is Cc1cccc(-c2ccc3c4ccccc4n(-c4ccc(-c5nc(-c6ccccc6)cc(-c6ccccc6)n5)cc4-c4nc(-c5ccccc5)cc(-c5ccccc5)n4)c3c2)c1. The fourth-order valence-corrected chi connectivity index (χ4v) is 8.45. The molecule has 0 saturated carbocycles. The molecule has 3 heterocycles. The Morgan fingerprint density at radius 3 is 1.31 bits per heavy atom. The number of hydrogen-bond acceptors (Lipinski definition) is 4. The molecule has 0 unspecified atom stereocenters. The first-order valence-corrected chi connectivity index (χ1v) is 20.9. The van der Waals surface area contributed by atoms with Gasteiger partial charge in [0.05, 0.1) is 39.5 Å². The number of aromatic nitrogens is 5. The van der Waals surface area contributed by atoms with Crippen molar-refractivity contribution in [3.8, 4) is 84.6 Å². The van der Waals surface area contributed by atoms with Gasteiger partial charge in [0.25, 0.3) is 0 Å². The summed E-state index contributed by atoms with van der Waals surface area (Å²) in [5.74, 6) is 1.22. The van der Waals surface area contributed by atoms with E-state index in [4.69, 9.17) is 19.9 Å². The van der Waals surface area contributed by atoms with Crippen LogP contribution in [0.1, 0.15) is 5.56 Å². The fourth-order valence-electron chi connectivity index (χ4n) is 8.45. The smallest absolute Gasteiger partial charge is 0.162 e. The van der Waals surface area contributed by atoms with Crippen LogP contribution in [-0.2, 0) is 0 Å².